The van der Waals surface area contributed by atoms with Crippen LogP contribution in [0, 0.1) is 0 Å². The van der Waals surface area contributed by atoms with Crippen LogP contribution in [0.1, 0.15) is 11.3 Å². The van der Waals surface area contributed by atoms with Crippen molar-refractivity contribution >= 4 is 23.2 Å². The average Bonchev–Trinajstić information content (AvgIpc) is 3.39. The Balaban J connectivity index is 1.58. The predicted octanol–water partition coefficient (Wildman–Crippen LogP) is 1.27. The van der Waals surface area contributed by atoms with Crippen LogP contribution in [-0.4, -0.2) is 86.0 Å². The highest BCUT2D eigenvalue weighted by Crippen LogP contribution is 2.18. The number of amides is 1. The molecule has 1 fully saturated rings. The van der Waals surface area contributed by atoms with Gasteiger partial charge in [0.15, 0.2) is 5.96 Å². The van der Waals surface area contributed by atoms with E-state index in [1.54, 1.807) is 30.3 Å². The first-order valence-electron chi connectivity index (χ1n) is 9.28. The lowest BCUT2D eigenvalue weighted by Crippen LogP contribution is -2.44. The summed E-state index contributed by atoms with van der Waals surface area (Å²) in [7, 11) is 3.54. The van der Waals surface area contributed by atoms with Gasteiger partial charge in [-0.2, -0.15) is 0 Å². The molecule has 1 aromatic heterocycles. The minimum atomic E-state index is 0.0297. The van der Waals surface area contributed by atoms with E-state index in [4.69, 9.17) is 0 Å². The molecule has 0 aromatic carbocycles. The van der Waals surface area contributed by atoms with Crippen LogP contribution in [0.25, 0.3) is 0 Å². The summed E-state index contributed by atoms with van der Waals surface area (Å²) in [5, 5.41) is 5.59. The average molecular weight is 376 g/mol. The minimum Gasteiger partial charge on any atom is -0.356 e. The molecule has 1 unspecified atom stereocenters. The van der Waals surface area contributed by atoms with Crippen molar-refractivity contribution in [2.75, 3.05) is 53.4 Å². The topological polar surface area (TPSA) is 51.2 Å². The van der Waals surface area contributed by atoms with Crippen molar-refractivity contribution < 1.29 is 4.79 Å². The Morgan fingerprint density at radius 2 is 2.19 bits per heavy atom. The fraction of sp³-hybridized carbons (Fsp3) is 0.579. The molecule has 2 aliphatic rings. The number of carbonyl (C=O) groups is 1. The smallest absolute Gasteiger partial charge is 0.243 e. The Bertz CT molecular complexity index is 632. The van der Waals surface area contributed by atoms with Gasteiger partial charge in [0, 0.05) is 57.7 Å². The van der Waals surface area contributed by atoms with Gasteiger partial charge in [-0.25, -0.2) is 4.99 Å². The molecule has 3 rings (SSSR count). The Hall–Kier alpha value is -1.86. The van der Waals surface area contributed by atoms with E-state index in [0.717, 1.165) is 51.5 Å². The summed E-state index contributed by atoms with van der Waals surface area (Å²) in [5.41, 5.74) is 0. The molecule has 0 bridgehead atoms. The number of guanidine groups is 1. The molecule has 1 atom stereocenters. The molecule has 2 aliphatic heterocycles. The van der Waals surface area contributed by atoms with Crippen LogP contribution >= 0.6 is 11.3 Å². The fourth-order valence-electron chi connectivity index (χ4n) is 3.33. The van der Waals surface area contributed by atoms with E-state index in [9.17, 15) is 4.79 Å². The van der Waals surface area contributed by atoms with Gasteiger partial charge < -0.3 is 15.1 Å². The molecule has 7 heteroatoms. The van der Waals surface area contributed by atoms with E-state index in [2.05, 4.69) is 49.8 Å². The van der Waals surface area contributed by atoms with Crippen molar-refractivity contribution in [1.29, 1.82) is 0 Å². The van der Waals surface area contributed by atoms with Gasteiger partial charge in [-0.15, -0.1) is 11.3 Å². The molecule has 0 saturated carbocycles. The standard InChI is InChI=1S/C19H29N5OS/c1-22(2)18(25)14-21-19(20-9-7-17-6-5-13-26-17)24-12-8-16(15-24)23-10-3-4-11-23/h3-6,13,16H,7-12,14-15H2,1-2H3,(H,20,21). The van der Waals surface area contributed by atoms with Crippen LogP contribution in [-0.2, 0) is 11.2 Å². The first-order chi connectivity index (χ1) is 12.6. The predicted molar refractivity (Wildman–Crippen MR) is 108 cm³/mol. The maximum absolute atomic E-state index is 12.0. The number of thiophene rings is 1. The molecule has 0 aliphatic carbocycles. The third kappa shape index (κ3) is 5.08. The zero-order chi connectivity index (χ0) is 18.4. The van der Waals surface area contributed by atoms with Gasteiger partial charge >= 0.3 is 0 Å². The SMILES string of the molecule is CN(C)C(=O)CN=C(NCCc1cccs1)N1CCC(N2CC=CC2)C1. The molecule has 1 saturated heterocycles. The lowest BCUT2D eigenvalue weighted by atomic mass is 10.2. The Kier molecular flexibility index (Phi) is 6.68. The molecule has 1 N–H and O–H groups in total. The maximum atomic E-state index is 12.0. The van der Waals surface area contributed by atoms with E-state index in [0.29, 0.717) is 6.04 Å². The van der Waals surface area contributed by atoms with Crippen molar-refractivity contribution in [2.24, 2.45) is 4.99 Å². The number of aliphatic imine (C=N–C) groups is 1. The second kappa shape index (κ2) is 9.19. The molecule has 142 valence electrons. The van der Waals surface area contributed by atoms with Crippen molar-refractivity contribution in [2.45, 2.75) is 18.9 Å². The molecule has 0 spiro atoms. The first kappa shape index (κ1) is 18.9. The van der Waals surface area contributed by atoms with Gasteiger partial charge in [0.25, 0.3) is 0 Å². The zero-order valence-corrected chi connectivity index (χ0v) is 16.5. The van der Waals surface area contributed by atoms with Crippen LogP contribution in [0.2, 0.25) is 0 Å². The Morgan fingerprint density at radius 1 is 1.38 bits per heavy atom. The Labute approximate surface area is 160 Å². The number of hydrogen-bond acceptors (Lipinski definition) is 4. The molecule has 3 heterocycles. The molecule has 0 radical (unpaired) electrons. The third-order valence-corrected chi connectivity index (χ3v) is 5.86. The van der Waals surface area contributed by atoms with Crippen molar-refractivity contribution in [3.63, 3.8) is 0 Å². The molecule has 26 heavy (non-hydrogen) atoms. The van der Waals surface area contributed by atoms with E-state index < -0.39 is 0 Å². The number of likely N-dealkylation sites (N-methyl/N-ethyl adjacent to an activating group) is 1. The number of rotatable bonds is 6. The lowest BCUT2D eigenvalue weighted by Gasteiger charge is -2.25. The third-order valence-electron chi connectivity index (χ3n) is 4.92. The van der Waals surface area contributed by atoms with E-state index in [1.807, 2.05) is 0 Å². The van der Waals surface area contributed by atoms with E-state index >= 15 is 0 Å². The monoisotopic (exact) mass is 375 g/mol. The quantitative estimate of drug-likeness (QED) is 0.462. The number of hydrogen-bond donors (Lipinski definition) is 1. The van der Waals surface area contributed by atoms with Crippen LogP contribution in [0.15, 0.2) is 34.7 Å². The van der Waals surface area contributed by atoms with E-state index in [1.165, 1.54) is 4.88 Å². The second-order valence-corrected chi connectivity index (χ2v) is 8.03. The van der Waals surface area contributed by atoms with Gasteiger partial charge in [0.1, 0.15) is 6.54 Å². The molecule has 6 nitrogen and oxygen atoms in total. The summed E-state index contributed by atoms with van der Waals surface area (Å²) in [5.74, 6) is 0.897. The normalized spacial score (nSPS) is 20.8. The van der Waals surface area contributed by atoms with Crippen LogP contribution in [0.4, 0.5) is 0 Å². The number of likely N-dealkylation sites (tertiary alicyclic amines) is 1. The highest BCUT2D eigenvalue weighted by molar-refractivity contribution is 7.09. The summed E-state index contributed by atoms with van der Waals surface area (Å²) >= 11 is 1.78. The molecule has 1 amide bonds. The van der Waals surface area contributed by atoms with Gasteiger partial charge in [0.05, 0.1) is 0 Å². The lowest BCUT2D eigenvalue weighted by molar-refractivity contribution is -0.127. The highest BCUT2D eigenvalue weighted by atomic mass is 32.1. The number of carbonyl (C=O) groups excluding carboxylic acids is 1. The molecular formula is C19H29N5OS. The minimum absolute atomic E-state index is 0.0297. The number of nitrogens with zero attached hydrogens (tertiary/aromatic N) is 4. The summed E-state index contributed by atoms with van der Waals surface area (Å²) in [6.45, 7) is 5.10. The van der Waals surface area contributed by atoms with Gasteiger partial charge in [0.2, 0.25) is 5.91 Å². The summed E-state index contributed by atoms with van der Waals surface area (Å²) in [4.78, 5) is 24.3. The highest BCUT2D eigenvalue weighted by Gasteiger charge is 2.29. The van der Waals surface area contributed by atoms with Crippen LogP contribution in [0.5, 0.6) is 0 Å². The largest absolute Gasteiger partial charge is 0.356 e. The Morgan fingerprint density at radius 3 is 2.88 bits per heavy atom. The van der Waals surface area contributed by atoms with Gasteiger partial charge in [-0.1, -0.05) is 18.2 Å². The fourth-order valence-corrected chi connectivity index (χ4v) is 4.04. The first-order valence-corrected chi connectivity index (χ1v) is 10.2. The second-order valence-electron chi connectivity index (χ2n) is 7.00. The number of nitrogens with one attached hydrogen (secondary N) is 1. The van der Waals surface area contributed by atoms with Crippen LogP contribution in [0.3, 0.4) is 0 Å². The van der Waals surface area contributed by atoms with Crippen molar-refractivity contribution in [3.8, 4) is 0 Å². The maximum Gasteiger partial charge on any atom is 0.243 e. The van der Waals surface area contributed by atoms with Crippen molar-refractivity contribution in [1.82, 2.24) is 20.0 Å². The van der Waals surface area contributed by atoms with Gasteiger partial charge in [-0.05, 0) is 24.3 Å². The summed E-state index contributed by atoms with van der Waals surface area (Å²) in [6.07, 6.45) is 6.61. The van der Waals surface area contributed by atoms with Crippen LogP contribution < -0.4 is 5.32 Å². The summed E-state index contributed by atoms with van der Waals surface area (Å²) < 4.78 is 0. The molecular weight excluding hydrogens is 346 g/mol. The van der Waals surface area contributed by atoms with Gasteiger partial charge in [-0.3, -0.25) is 9.69 Å². The van der Waals surface area contributed by atoms with E-state index in [-0.39, 0.29) is 12.5 Å². The van der Waals surface area contributed by atoms with Crippen molar-refractivity contribution in [3.05, 3.63) is 34.5 Å². The zero-order valence-electron chi connectivity index (χ0n) is 15.7. The summed E-state index contributed by atoms with van der Waals surface area (Å²) in [6, 6.07) is 4.81. The molecule has 1 aromatic rings.